The van der Waals surface area contributed by atoms with Crippen molar-refractivity contribution in [2.24, 2.45) is 11.8 Å². The van der Waals surface area contributed by atoms with E-state index in [0.717, 1.165) is 5.57 Å². The molecule has 0 aromatic heterocycles. The number of rotatable bonds is 7. The molecule has 0 heterocycles. The van der Waals surface area contributed by atoms with Crippen molar-refractivity contribution in [1.82, 2.24) is 10.2 Å². The van der Waals surface area contributed by atoms with E-state index >= 15 is 0 Å². The first-order valence-corrected chi connectivity index (χ1v) is 6.07. The summed E-state index contributed by atoms with van der Waals surface area (Å²) in [6.07, 6.45) is 0. The standard InChI is InChI=1S/C13H24N2O3/c1-9(2)10(3)12(8-16)6-14-13(18)7-15(5)11(4)17/h9,12,16H,3,6-8H2,1-2,4-5H3,(H,14,18). The third kappa shape index (κ3) is 5.82. The molecular weight excluding hydrogens is 232 g/mol. The Labute approximate surface area is 109 Å². The molecule has 0 aromatic carbocycles. The van der Waals surface area contributed by atoms with Gasteiger partial charge in [-0.15, -0.1) is 0 Å². The Bertz CT molecular complexity index is 313. The minimum Gasteiger partial charge on any atom is -0.396 e. The van der Waals surface area contributed by atoms with Crippen LogP contribution in [-0.4, -0.2) is 48.6 Å². The van der Waals surface area contributed by atoms with Crippen LogP contribution < -0.4 is 5.32 Å². The third-order valence-electron chi connectivity index (χ3n) is 2.95. The number of aliphatic hydroxyl groups excluding tert-OH is 1. The van der Waals surface area contributed by atoms with E-state index in [1.54, 1.807) is 7.05 Å². The Hall–Kier alpha value is -1.36. The molecule has 5 nitrogen and oxygen atoms in total. The molecule has 2 amide bonds. The largest absolute Gasteiger partial charge is 0.396 e. The number of carbonyl (C=O) groups is 2. The monoisotopic (exact) mass is 256 g/mol. The van der Waals surface area contributed by atoms with Gasteiger partial charge in [-0.2, -0.15) is 0 Å². The average Bonchev–Trinajstić information content (AvgIpc) is 2.28. The Kier molecular flexibility index (Phi) is 7.27. The van der Waals surface area contributed by atoms with E-state index in [4.69, 9.17) is 0 Å². The number of nitrogens with zero attached hydrogens (tertiary/aromatic N) is 1. The predicted octanol–water partition coefficient (Wildman–Crippen LogP) is 0.402. The highest BCUT2D eigenvalue weighted by Crippen LogP contribution is 2.16. The topological polar surface area (TPSA) is 69.6 Å². The van der Waals surface area contributed by atoms with Gasteiger partial charge in [0.2, 0.25) is 11.8 Å². The zero-order chi connectivity index (χ0) is 14.3. The number of aliphatic hydroxyl groups is 1. The first-order chi connectivity index (χ1) is 8.29. The number of amides is 2. The molecule has 0 aromatic rings. The van der Waals surface area contributed by atoms with Gasteiger partial charge >= 0.3 is 0 Å². The van der Waals surface area contributed by atoms with Gasteiger partial charge in [-0.3, -0.25) is 9.59 Å². The molecule has 0 radical (unpaired) electrons. The van der Waals surface area contributed by atoms with Crippen molar-refractivity contribution in [2.45, 2.75) is 20.8 Å². The molecule has 0 saturated heterocycles. The van der Waals surface area contributed by atoms with Gasteiger partial charge in [-0.1, -0.05) is 26.0 Å². The molecule has 0 rings (SSSR count). The van der Waals surface area contributed by atoms with Crippen LogP contribution in [0.4, 0.5) is 0 Å². The Morgan fingerprint density at radius 1 is 1.39 bits per heavy atom. The molecule has 0 bridgehead atoms. The van der Waals surface area contributed by atoms with Crippen LogP contribution in [0.5, 0.6) is 0 Å². The van der Waals surface area contributed by atoms with Gasteiger partial charge < -0.3 is 15.3 Å². The molecule has 0 aliphatic heterocycles. The van der Waals surface area contributed by atoms with Crippen molar-refractivity contribution in [3.63, 3.8) is 0 Å². The third-order valence-corrected chi connectivity index (χ3v) is 2.95. The van der Waals surface area contributed by atoms with E-state index in [1.165, 1.54) is 11.8 Å². The summed E-state index contributed by atoms with van der Waals surface area (Å²) in [4.78, 5) is 23.9. The van der Waals surface area contributed by atoms with Gasteiger partial charge in [0.1, 0.15) is 0 Å². The predicted molar refractivity (Wildman–Crippen MR) is 70.9 cm³/mol. The molecule has 0 aliphatic carbocycles. The fourth-order valence-corrected chi connectivity index (χ4v) is 1.40. The fourth-order valence-electron chi connectivity index (χ4n) is 1.40. The highest BCUT2D eigenvalue weighted by Gasteiger charge is 2.16. The quantitative estimate of drug-likeness (QED) is 0.648. The summed E-state index contributed by atoms with van der Waals surface area (Å²) < 4.78 is 0. The lowest BCUT2D eigenvalue weighted by Gasteiger charge is -2.21. The maximum absolute atomic E-state index is 11.6. The van der Waals surface area contributed by atoms with Gasteiger partial charge in [0, 0.05) is 26.4 Å². The first-order valence-electron chi connectivity index (χ1n) is 6.07. The van der Waals surface area contributed by atoms with E-state index in [2.05, 4.69) is 11.9 Å². The summed E-state index contributed by atoms with van der Waals surface area (Å²) in [7, 11) is 1.57. The number of carbonyl (C=O) groups excluding carboxylic acids is 2. The van der Waals surface area contributed by atoms with E-state index in [1.807, 2.05) is 13.8 Å². The molecule has 1 unspecified atom stereocenters. The molecule has 0 saturated carbocycles. The lowest BCUT2D eigenvalue weighted by Crippen LogP contribution is -2.40. The molecule has 0 fully saturated rings. The first kappa shape index (κ1) is 16.6. The highest BCUT2D eigenvalue weighted by atomic mass is 16.3. The lowest BCUT2D eigenvalue weighted by atomic mass is 9.92. The summed E-state index contributed by atoms with van der Waals surface area (Å²) in [5.74, 6) is -0.270. The molecule has 104 valence electrons. The van der Waals surface area contributed by atoms with Crippen LogP contribution in [0.25, 0.3) is 0 Å². The second-order valence-corrected chi connectivity index (χ2v) is 4.79. The van der Waals surface area contributed by atoms with Gasteiger partial charge in [0.05, 0.1) is 13.2 Å². The molecule has 5 heteroatoms. The van der Waals surface area contributed by atoms with Gasteiger partial charge in [0.25, 0.3) is 0 Å². The second kappa shape index (κ2) is 7.87. The summed E-state index contributed by atoms with van der Waals surface area (Å²) in [6, 6.07) is 0. The molecule has 18 heavy (non-hydrogen) atoms. The van der Waals surface area contributed by atoms with Gasteiger partial charge in [-0.05, 0) is 5.92 Å². The zero-order valence-corrected chi connectivity index (χ0v) is 11.7. The van der Waals surface area contributed by atoms with Crippen molar-refractivity contribution in [3.05, 3.63) is 12.2 Å². The van der Waals surface area contributed by atoms with Crippen molar-refractivity contribution in [2.75, 3.05) is 26.7 Å². The summed E-state index contributed by atoms with van der Waals surface area (Å²) in [5, 5.41) is 12.0. The fraction of sp³-hybridized carbons (Fsp3) is 0.692. The number of hydrogen-bond acceptors (Lipinski definition) is 3. The number of likely N-dealkylation sites (N-methyl/N-ethyl adjacent to an activating group) is 1. The lowest BCUT2D eigenvalue weighted by molar-refractivity contribution is -0.133. The zero-order valence-electron chi connectivity index (χ0n) is 11.7. The summed E-state index contributed by atoms with van der Waals surface area (Å²) >= 11 is 0. The molecular formula is C13H24N2O3. The van der Waals surface area contributed by atoms with Crippen LogP contribution in [0.15, 0.2) is 12.2 Å². The molecule has 0 spiro atoms. The number of hydrogen-bond donors (Lipinski definition) is 2. The van der Waals surface area contributed by atoms with Crippen LogP contribution >= 0.6 is 0 Å². The van der Waals surface area contributed by atoms with Crippen molar-refractivity contribution in [3.8, 4) is 0 Å². The highest BCUT2D eigenvalue weighted by molar-refractivity contribution is 5.83. The van der Waals surface area contributed by atoms with Crippen molar-refractivity contribution < 1.29 is 14.7 Å². The maximum atomic E-state index is 11.6. The van der Waals surface area contributed by atoms with E-state index < -0.39 is 0 Å². The van der Waals surface area contributed by atoms with Crippen LogP contribution in [0.1, 0.15) is 20.8 Å². The normalized spacial score (nSPS) is 12.1. The van der Waals surface area contributed by atoms with E-state index in [0.29, 0.717) is 6.54 Å². The number of nitrogens with one attached hydrogen (secondary N) is 1. The Balaban J connectivity index is 4.17. The average molecular weight is 256 g/mol. The van der Waals surface area contributed by atoms with Gasteiger partial charge in [0.15, 0.2) is 0 Å². The minimum absolute atomic E-state index is 0.0294. The molecule has 1 atom stereocenters. The van der Waals surface area contributed by atoms with Crippen LogP contribution in [-0.2, 0) is 9.59 Å². The van der Waals surface area contributed by atoms with Crippen LogP contribution in [0, 0.1) is 11.8 Å². The second-order valence-electron chi connectivity index (χ2n) is 4.79. The Morgan fingerprint density at radius 2 is 1.94 bits per heavy atom. The molecule has 0 aliphatic rings. The van der Waals surface area contributed by atoms with E-state index in [9.17, 15) is 14.7 Å². The van der Waals surface area contributed by atoms with Crippen molar-refractivity contribution in [1.29, 1.82) is 0 Å². The maximum Gasteiger partial charge on any atom is 0.239 e. The summed E-state index contributed by atoms with van der Waals surface area (Å²) in [6.45, 7) is 9.65. The minimum atomic E-state index is -0.234. The SMILES string of the molecule is C=C(C(C)C)C(CO)CNC(=O)CN(C)C(C)=O. The smallest absolute Gasteiger partial charge is 0.239 e. The molecule has 2 N–H and O–H groups in total. The van der Waals surface area contributed by atoms with Gasteiger partial charge in [-0.25, -0.2) is 0 Å². The van der Waals surface area contributed by atoms with E-state index in [-0.39, 0.29) is 36.8 Å². The van der Waals surface area contributed by atoms with Crippen molar-refractivity contribution >= 4 is 11.8 Å². The van der Waals surface area contributed by atoms with Crippen LogP contribution in [0.2, 0.25) is 0 Å². The Morgan fingerprint density at radius 3 is 2.33 bits per heavy atom. The summed E-state index contributed by atoms with van der Waals surface area (Å²) in [5.41, 5.74) is 0.915. The van der Waals surface area contributed by atoms with Crippen LogP contribution in [0.3, 0.4) is 0 Å².